The van der Waals surface area contributed by atoms with E-state index in [0.717, 1.165) is 24.0 Å². The minimum absolute atomic E-state index is 0.0988. The summed E-state index contributed by atoms with van der Waals surface area (Å²) in [5, 5.41) is 14.9. The highest BCUT2D eigenvalue weighted by Gasteiger charge is 2.10. The van der Waals surface area contributed by atoms with Gasteiger partial charge in [0.25, 0.3) is 11.8 Å². The second-order valence-corrected chi connectivity index (χ2v) is 12.1. The fourth-order valence-electron chi connectivity index (χ4n) is 5.00. The van der Waals surface area contributed by atoms with Crippen molar-refractivity contribution in [1.82, 2.24) is 10.6 Å². The highest BCUT2D eigenvalue weighted by molar-refractivity contribution is 6.02. The predicted octanol–water partition coefficient (Wildman–Crippen LogP) is 7.26. The maximum absolute atomic E-state index is 12.7. The molecule has 4 aromatic carbocycles. The first-order chi connectivity index (χ1) is 24.2. The normalized spacial score (nSPS) is 10.8. The molecule has 10 heteroatoms. The number of allylic oxidation sites excluding steroid dienone is 1. The molecule has 0 fully saturated rings. The van der Waals surface area contributed by atoms with Crippen LogP contribution in [0.2, 0.25) is 0 Å². The van der Waals surface area contributed by atoms with E-state index in [9.17, 15) is 19.2 Å². The third kappa shape index (κ3) is 12.3. The quantitative estimate of drug-likeness (QED) is 0.0394. The standard InChI is InChI=1S/C40H46N6O4/c1-28-15-19-30(20-16-28)39(49)42-25-9-3-5-13-37(47)45-35-12-8-7-11-34(35)44-32-23-24-33(41)36(27-32)46-38(48)14-6-4-10-26-43-40(50)31-21-17-29(2)18-22-31/h5,7-8,11-13,15-24,27,44H,3-4,6,9-10,14,25-26,41H2,1-2H3,(H,42,49)(H,43,50)(H,45,47)(H,46,48). The van der Waals surface area contributed by atoms with Gasteiger partial charge < -0.3 is 32.3 Å². The zero-order valence-electron chi connectivity index (χ0n) is 28.7. The molecule has 0 bridgehead atoms. The van der Waals surface area contributed by atoms with Gasteiger partial charge in [0.05, 0.1) is 22.7 Å². The molecule has 0 heterocycles. The molecule has 50 heavy (non-hydrogen) atoms. The number of amides is 4. The topological polar surface area (TPSA) is 154 Å². The molecule has 0 spiro atoms. The molecule has 4 aromatic rings. The highest BCUT2D eigenvalue weighted by atomic mass is 16.2. The summed E-state index contributed by atoms with van der Waals surface area (Å²) in [6, 6.07) is 27.4. The lowest BCUT2D eigenvalue weighted by molar-refractivity contribution is -0.116. The van der Waals surface area contributed by atoms with Gasteiger partial charge >= 0.3 is 0 Å². The summed E-state index contributed by atoms with van der Waals surface area (Å²) >= 11 is 0. The number of unbranched alkanes of at least 4 members (excludes halogenated alkanes) is 3. The van der Waals surface area contributed by atoms with Crippen LogP contribution in [0.5, 0.6) is 0 Å². The second-order valence-electron chi connectivity index (χ2n) is 12.1. The maximum Gasteiger partial charge on any atom is 0.251 e. The van der Waals surface area contributed by atoms with Gasteiger partial charge in [-0.15, -0.1) is 0 Å². The summed E-state index contributed by atoms with van der Waals surface area (Å²) in [5.41, 5.74) is 12.5. The highest BCUT2D eigenvalue weighted by Crippen LogP contribution is 2.29. The molecule has 4 rings (SSSR count). The smallest absolute Gasteiger partial charge is 0.251 e. The van der Waals surface area contributed by atoms with E-state index in [2.05, 4.69) is 26.6 Å². The van der Waals surface area contributed by atoms with Gasteiger partial charge in [-0.2, -0.15) is 0 Å². The summed E-state index contributed by atoms with van der Waals surface area (Å²) in [7, 11) is 0. The van der Waals surface area contributed by atoms with Gasteiger partial charge in [0, 0.05) is 36.3 Å². The number of hydrogen-bond acceptors (Lipinski definition) is 6. The first-order valence-corrected chi connectivity index (χ1v) is 16.9. The zero-order valence-corrected chi connectivity index (χ0v) is 28.7. The summed E-state index contributed by atoms with van der Waals surface area (Å²) < 4.78 is 0. The van der Waals surface area contributed by atoms with Crippen LogP contribution in [0.1, 0.15) is 70.4 Å². The van der Waals surface area contributed by atoms with Crippen molar-refractivity contribution in [1.29, 1.82) is 0 Å². The monoisotopic (exact) mass is 674 g/mol. The number of nitrogen functional groups attached to an aromatic ring is 1. The minimum Gasteiger partial charge on any atom is -0.397 e. The van der Waals surface area contributed by atoms with Crippen molar-refractivity contribution in [3.63, 3.8) is 0 Å². The first-order valence-electron chi connectivity index (χ1n) is 16.9. The summed E-state index contributed by atoms with van der Waals surface area (Å²) in [4.78, 5) is 49.8. The summed E-state index contributed by atoms with van der Waals surface area (Å²) in [6.07, 6.45) is 7.16. The number of benzene rings is 4. The Morgan fingerprint density at radius 2 is 1.24 bits per heavy atom. The molecule has 0 aliphatic heterocycles. The van der Waals surface area contributed by atoms with Gasteiger partial charge in [-0.25, -0.2) is 0 Å². The van der Waals surface area contributed by atoms with Gasteiger partial charge in [-0.1, -0.05) is 60.0 Å². The van der Waals surface area contributed by atoms with Crippen LogP contribution in [-0.4, -0.2) is 36.7 Å². The first kappa shape index (κ1) is 36.9. The van der Waals surface area contributed by atoms with E-state index in [0.29, 0.717) is 78.3 Å². The van der Waals surface area contributed by atoms with E-state index in [1.54, 1.807) is 42.5 Å². The maximum atomic E-state index is 12.7. The molecule has 7 N–H and O–H groups in total. The largest absolute Gasteiger partial charge is 0.397 e. The number of hydrogen-bond donors (Lipinski definition) is 6. The van der Waals surface area contributed by atoms with E-state index >= 15 is 0 Å². The van der Waals surface area contributed by atoms with Crippen molar-refractivity contribution in [2.45, 2.75) is 52.4 Å². The molecular formula is C40H46N6O4. The second kappa shape index (κ2) is 19.2. The molecule has 0 unspecified atom stereocenters. The average Bonchev–Trinajstić information content (AvgIpc) is 3.10. The Morgan fingerprint density at radius 1 is 0.640 bits per heavy atom. The summed E-state index contributed by atoms with van der Waals surface area (Å²) in [5.74, 6) is -0.637. The van der Waals surface area contributed by atoms with Crippen LogP contribution in [0.25, 0.3) is 0 Å². The van der Waals surface area contributed by atoms with Gasteiger partial charge in [0.2, 0.25) is 11.8 Å². The van der Waals surface area contributed by atoms with E-state index in [1.165, 1.54) is 6.08 Å². The van der Waals surface area contributed by atoms with Crippen LogP contribution < -0.4 is 32.3 Å². The molecule has 0 saturated carbocycles. The number of para-hydroxylation sites is 2. The van der Waals surface area contributed by atoms with E-state index in [-0.39, 0.29) is 23.6 Å². The van der Waals surface area contributed by atoms with Crippen molar-refractivity contribution < 1.29 is 19.2 Å². The predicted molar refractivity (Wildman–Crippen MR) is 202 cm³/mol. The van der Waals surface area contributed by atoms with Crippen LogP contribution in [0.4, 0.5) is 28.4 Å². The fraction of sp³-hybridized carbons (Fsp3) is 0.250. The molecule has 10 nitrogen and oxygen atoms in total. The lowest BCUT2D eigenvalue weighted by atomic mass is 10.1. The van der Waals surface area contributed by atoms with Crippen LogP contribution >= 0.6 is 0 Å². The van der Waals surface area contributed by atoms with Crippen molar-refractivity contribution >= 4 is 52.1 Å². The number of anilines is 5. The van der Waals surface area contributed by atoms with E-state index in [1.807, 2.05) is 68.4 Å². The van der Waals surface area contributed by atoms with Crippen molar-refractivity contribution in [3.05, 3.63) is 125 Å². The molecule has 0 aromatic heterocycles. The fourth-order valence-corrected chi connectivity index (χ4v) is 5.00. The van der Waals surface area contributed by atoms with Gasteiger partial charge in [-0.3, -0.25) is 19.2 Å². The Labute approximate surface area is 293 Å². The van der Waals surface area contributed by atoms with Gasteiger partial charge in [0.1, 0.15) is 0 Å². The number of rotatable bonds is 17. The Morgan fingerprint density at radius 3 is 1.88 bits per heavy atom. The lowest BCUT2D eigenvalue weighted by Gasteiger charge is -2.15. The average molecular weight is 675 g/mol. The van der Waals surface area contributed by atoms with Gasteiger partial charge in [-0.05, 0) is 100 Å². The minimum atomic E-state index is -0.276. The molecule has 0 aliphatic rings. The molecule has 0 saturated heterocycles. The number of carbonyl (C=O) groups is 4. The number of nitrogens with one attached hydrogen (secondary N) is 5. The summed E-state index contributed by atoms with van der Waals surface area (Å²) in [6.45, 7) is 5.00. The zero-order chi connectivity index (χ0) is 35.7. The van der Waals surface area contributed by atoms with Crippen LogP contribution in [0, 0.1) is 13.8 Å². The van der Waals surface area contributed by atoms with Crippen molar-refractivity contribution in [2.24, 2.45) is 0 Å². The molecule has 0 radical (unpaired) electrons. The lowest BCUT2D eigenvalue weighted by Crippen LogP contribution is -2.24. The van der Waals surface area contributed by atoms with Crippen LogP contribution in [0.15, 0.2) is 103 Å². The third-order valence-corrected chi connectivity index (χ3v) is 7.89. The van der Waals surface area contributed by atoms with Crippen molar-refractivity contribution in [3.8, 4) is 0 Å². The SMILES string of the molecule is Cc1ccc(C(=O)NCCCC=CC(=O)Nc2ccccc2Nc2ccc(N)c(NC(=O)CCCCCNC(=O)c3ccc(C)cc3)c2)cc1. The Hall–Kier alpha value is -5.90. The number of aryl methyl sites for hydroxylation is 2. The number of carbonyl (C=O) groups excluding carboxylic acids is 4. The Balaban J connectivity index is 1.18. The van der Waals surface area contributed by atoms with E-state index < -0.39 is 0 Å². The van der Waals surface area contributed by atoms with Crippen molar-refractivity contribution in [2.75, 3.05) is 34.8 Å². The van der Waals surface area contributed by atoms with Crippen LogP contribution in [0.3, 0.4) is 0 Å². The van der Waals surface area contributed by atoms with Crippen LogP contribution in [-0.2, 0) is 9.59 Å². The molecule has 0 aliphatic carbocycles. The van der Waals surface area contributed by atoms with E-state index in [4.69, 9.17) is 5.73 Å². The molecule has 260 valence electrons. The number of nitrogens with two attached hydrogens (primary N) is 1. The van der Waals surface area contributed by atoms with Gasteiger partial charge in [0.15, 0.2) is 0 Å². The molecule has 4 amide bonds. The Bertz CT molecular complexity index is 1780. The Kier molecular flexibility index (Phi) is 14.2. The molecule has 0 atom stereocenters. The molecular weight excluding hydrogens is 628 g/mol. The third-order valence-electron chi connectivity index (χ3n) is 7.89.